The van der Waals surface area contributed by atoms with Gasteiger partial charge in [-0.05, 0) is 27.2 Å². The average Bonchev–Trinajstić information content (AvgIpc) is 2.15. The number of anilines is 1. The summed E-state index contributed by atoms with van der Waals surface area (Å²) in [4.78, 5) is 21.9. The summed E-state index contributed by atoms with van der Waals surface area (Å²) >= 11 is 0. The van der Waals surface area contributed by atoms with Crippen LogP contribution >= 0.6 is 0 Å². The molecule has 4 heteroatoms. The number of rotatable bonds is 2. The molecule has 0 amide bonds. The minimum atomic E-state index is 0.0238. The zero-order chi connectivity index (χ0) is 11.0. The van der Waals surface area contributed by atoms with Gasteiger partial charge < -0.3 is 4.90 Å². The Balaban J connectivity index is 2.29. The van der Waals surface area contributed by atoms with E-state index in [4.69, 9.17) is 0 Å². The first-order chi connectivity index (χ1) is 7.09. The summed E-state index contributed by atoms with van der Waals surface area (Å²) in [6.45, 7) is 6.56. The lowest BCUT2D eigenvalue weighted by Crippen LogP contribution is -2.46. The number of carbonyl (C=O) groups is 1. The molecule has 4 nitrogen and oxygen atoms in total. The molecule has 1 aliphatic rings. The van der Waals surface area contributed by atoms with Crippen molar-refractivity contribution in [3.63, 3.8) is 0 Å². The summed E-state index contributed by atoms with van der Waals surface area (Å²) in [7, 11) is 0. The van der Waals surface area contributed by atoms with Gasteiger partial charge in [-0.2, -0.15) is 0 Å². The van der Waals surface area contributed by atoms with E-state index in [1.54, 1.807) is 6.20 Å². The molecule has 0 spiro atoms. The molecule has 1 fully saturated rings. The van der Waals surface area contributed by atoms with Gasteiger partial charge in [0.2, 0.25) is 5.95 Å². The molecule has 80 valence electrons. The van der Waals surface area contributed by atoms with Crippen molar-refractivity contribution in [1.29, 1.82) is 0 Å². The fourth-order valence-electron chi connectivity index (χ4n) is 1.75. The summed E-state index contributed by atoms with van der Waals surface area (Å²) < 4.78 is 0. The SMILES string of the molecule is CC(=O)c1cnc(N2CCC2C)nc1C. The van der Waals surface area contributed by atoms with Crippen LogP contribution in [0.3, 0.4) is 0 Å². The van der Waals surface area contributed by atoms with Gasteiger partial charge in [-0.3, -0.25) is 4.79 Å². The highest BCUT2D eigenvalue weighted by atomic mass is 16.1. The normalized spacial score (nSPS) is 19.9. The molecule has 1 atom stereocenters. The number of hydrogen-bond donors (Lipinski definition) is 0. The quantitative estimate of drug-likeness (QED) is 0.688. The minimum Gasteiger partial charge on any atom is -0.338 e. The first-order valence-electron chi connectivity index (χ1n) is 5.21. The van der Waals surface area contributed by atoms with E-state index in [2.05, 4.69) is 21.8 Å². The van der Waals surface area contributed by atoms with E-state index >= 15 is 0 Å². The van der Waals surface area contributed by atoms with Crippen LogP contribution < -0.4 is 4.90 Å². The van der Waals surface area contributed by atoms with Crippen molar-refractivity contribution in [1.82, 2.24) is 9.97 Å². The van der Waals surface area contributed by atoms with E-state index in [1.165, 1.54) is 13.3 Å². The van der Waals surface area contributed by atoms with Gasteiger partial charge in [0.1, 0.15) is 0 Å². The number of aryl methyl sites for hydroxylation is 1. The predicted octanol–water partition coefficient (Wildman–Crippen LogP) is 1.59. The van der Waals surface area contributed by atoms with Crippen LogP contribution in [0.1, 0.15) is 36.3 Å². The molecule has 0 aliphatic carbocycles. The Morgan fingerprint density at radius 2 is 2.33 bits per heavy atom. The van der Waals surface area contributed by atoms with Crippen molar-refractivity contribution in [3.8, 4) is 0 Å². The third kappa shape index (κ3) is 1.71. The monoisotopic (exact) mass is 205 g/mol. The molecule has 0 saturated carbocycles. The van der Waals surface area contributed by atoms with Gasteiger partial charge in [0.15, 0.2) is 5.78 Å². The highest BCUT2D eigenvalue weighted by Crippen LogP contribution is 2.22. The Hall–Kier alpha value is -1.45. The second-order valence-corrected chi connectivity index (χ2v) is 4.06. The lowest BCUT2D eigenvalue weighted by molar-refractivity contribution is 0.101. The van der Waals surface area contributed by atoms with Crippen LogP contribution in [0, 0.1) is 6.92 Å². The number of hydrogen-bond acceptors (Lipinski definition) is 4. The highest BCUT2D eigenvalue weighted by molar-refractivity contribution is 5.94. The van der Waals surface area contributed by atoms with Crippen LogP contribution in [-0.2, 0) is 0 Å². The summed E-state index contributed by atoms with van der Waals surface area (Å²) in [5, 5.41) is 0. The summed E-state index contributed by atoms with van der Waals surface area (Å²) in [5.74, 6) is 0.770. The van der Waals surface area contributed by atoms with Crippen LogP contribution in [0.2, 0.25) is 0 Å². The summed E-state index contributed by atoms with van der Waals surface area (Å²) in [5.41, 5.74) is 1.39. The fraction of sp³-hybridized carbons (Fsp3) is 0.545. The molecule has 2 heterocycles. The standard InChI is InChI=1S/C11H15N3O/c1-7-4-5-14(7)11-12-6-10(9(3)15)8(2)13-11/h6-7H,4-5H2,1-3H3. The first kappa shape index (κ1) is 10.1. The third-order valence-electron chi connectivity index (χ3n) is 2.92. The number of carbonyl (C=O) groups excluding carboxylic acids is 1. The summed E-state index contributed by atoms with van der Waals surface area (Å²) in [6.07, 6.45) is 2.82. The lowest BCUT2D eigenvalue weighted by atomic mass is 10.1. The topological polar surface area (TPSA) is 46.1 Å². The number of Topliss-reactive ketones (excluding diaryl/α,β-unsaturated/α-hetero) is 1. The van der Waals surface area contributed by atoms with Gasteiger partial charge in [-0.15, -0.1) is 0 Å². The molecule has 1 saturated heterocycles. The van der Waals surface area contributed by atoms with Gasteiger partial charge in [-0.25, -0.2) is 9.97 Å². The molecular formula is C11H15N3O. The molecule has 1 aromatic heterocycles. The zero-order valence-electron chi connectivity index (χ0n) is 9.32. The summed E-state index contributed by atoms with van der Waals surface area (Å²) in [6, 6.07) is 0.521. The third-order valence-corrected chi connectivity index (χ3v) is 2.92. The van der Waals surface area contributed by atoms with Crippen molar-refractivity contribution in [3.05, 3.63) is 17.5 Å². The molecule has 0 N–H and O–H groups in total. The molecular weight excluding hydrogens is 190 g/mol. The van der Waals surface area contributed by atoms with Gasteiger partial charge >= 0.3 is 0 Å². The average molecular weight is 205 g/mol. The van der Waals surface area contributed by atoms with E-state index in [9.17, 15) is 4.79 Å². The Labute approximate surface area is 89.3 Å². The molecule has 0 aromatic carbocycles. The highest BCUT2D eigenvalue weighted by Gasteiger charge is 2.26. The molecule has 0 bridgehead atoms. The Morgan fingerprint density at radius 1 is 1.60 bits per heavy atom. The Morgan fingerprint density at radius 3 is 2.73 bits per heavy atom. The molecule has 1 aliphatic heterocycles. The van der Waals surface area contributed by atoms with Gasteiger partial charge in [-0.1, -0.05) is 0 Å². The van der Waals surface area contributed by atoms with Crippen LogP contribution in [-0.4, -0.2) is 28.3 Å². The van der Waals surface area contributed by atoms with E-state index in [0.29, 0.717) is 11.6 Å². The van der Waals surface area contributed by atoms with E-state index in [0.717, 1.165) is 18.2 Å². The van der Waals surface area contributed by atoms with E-state index in [-0.39, 0.29) is 5.78 Å². The van der Waals surface area contributed by atoms with E-state index < -0.39 is 0 Å². The van der Waals surface area contributed by atoms with Crippen LogP contribution in [0.4, 0.5) is 5.95 Å². The van der Waals surface area contributed by atoms with Crippen LogP contribution in [0.25, 0.3) is 0 Å². The molecule has 15 heavy (non-hydrogen) atoms. The molecule has 2 rings (SSSR count). The van der Waals surface area contributed by atoms with Crippen molar-refractivity contribution < 1.29 is 4.79 Å². The first-order valence-corrected chi connectivity index (χ1v) is 5.21. The van der Waals surface area contributed by atoms with Gasteiger partial charge in [0, 0.05) is 18.8 Å². The smallest absolute Gasteiger partial charge is 0.225 e. The van der Waals surface area contributed by atoms with Crippen molar-refractivity contribution >= 4 is 11.7 Å². The Kier molecular flexibility index (Phi) is 2.42. The Bertz CT molecular complexity index is 403. The van der Waals surface area contributed by atoms with Gasteiger partial charge in [0.05, 0.1) is 11.3 Å². The van der Waals surface area contributed by atoms with Crippen molar-refractivity contribution in [2.75, 3.05) is 11.4 Å². The van der Waals surface area contributed by atoms with Crippen LogP contribution in [0.5, 0.6) is 0 Å². The maximum atomic E-state index is 11.2. The molecule has 0 radical (unpaired) electrons. The van der Waals surface area contributed by atoms with Crippen molar-refractivity contribution in [2.24, 2.45) is 0 Å². The second-order valence-electron chi connectivity index (χ2n) is 4.06. The fourth-order valence-corrected chi connectivity index (χ4v) is 1.75. The lowest BCUT2D eigenvalue weighted by Gasteiger charge is -2.38. The van der Waals surface area contributed by atoms with E-state index in [1.807, 2.05) is 6.92 Å². The molecule has 1 aromatic rings. The largest absolute Gasteiger partial charge is 0.338 e. The van der Waals surface area contributed by atoms with Crippen molar-refractivity contribution in [2.45, 2.75) is 33.2 Å². The number of nitrogens with zero attached hydrogens (tertiary/aromatic N) is 3. The number of ketones is 1. The van der Waals surface area contributed by atoms with Crippen LogP contribution in [0.15, 0.2) is 6.20 Å². The second kappa shape index (κ2) is 3.61. The zero-order valence-corrected chi connectivity index (χ0v) is 9.32. The maximum absolute atomic E-state index is 11.2. The maximum Gasteiger partial charge on any atom is 0.225 e. The number of aromatic nitrogens is 2. The predicted molar refractivity (Wildman–Crippen MR) is 58.2 cm³/mol. The molecule has 1 unspecified atom stereocenters. The minimum absolute atomic E-state index is 0.0238. The van der Waals surface area contributed by atoms with Gasteiger partial charge in [0.25, 0.3) is 0 Å².